The van der Waals surface area contributed by atoms with Crippen LogP contribution in [-0.4, -0.2) is 30.3 Å². The second-order valence-corrected chi connectivity index (χ2v) is 6.58. The molecule has 0 aromatic heterocycles. The van der Waals surface area contributed by atoms with E-state index in [2.05, 4.69) is 5.32 Å². The van der Waals surface area contributed by atoms with Gasteiger partial charge in [-0.2, -0.15) is 0 Å². The summed E-state index contributed by atoms with van der Waals surface area (Å²) in [5.74, 6) is 1.03. The van der Waals surface area contributed by atoms with Gasteiger partial charge in [-0.15, -0.1) is 0 Å². The van der Waals surface area contributed by atoms with Crippen molar-refractivity contribution in [1.29, 1.82) is 0 Å². The van der Waals surface area contributed by atoms with Crippen LogP contribution in [0.25, 0.3) is 21.5 Å². The minimum Gasteiger partial charge on any atom is -0.508 e. The summed E-state index contributed by atoms with van der Waals surface area (Å²) >= 11 is 0. The number of methoxy groups -OCH3 is 2. The molecular weight excluding hydrogens is 370 g/mol. The number of anilines is 1. The predicted molar refractivity (Wildman–Crippen MR) is 112 cm³/mol. The van der Waals surface area contributed by atoms with Gasteiger partial charge < -0.3 is 25.0 Å². The summed E-state index contributed by atoms with van der Waals surface area (Å²) in [6.07, 6.45) is 0. The van der Waals surface area contributed by atoms with Crippen LogP contribution in [0.3, 0.4) is 0 Å². The highest BCUT2D eigenvalue weighted by atomic mass is 16.5. The maximum absolute atomic E-state index is 13.0. The summed E-state index contributed by atoms with van der Waals surface area (Å²) in [4.78, 5) is 13.0. The van der Waals surface area contributed by atoms with Crippen molar-refractivity contribution in [2.75, 3.05) is 19.5 Å². The van der Waals surface area contributed by atoms with Crippen molar-refractivity contribution in [2.24, 2.45) is 0 Å². The van der Waals surface area contributed by atoms with Gasteiger partial charge in [0.15, 0.2) is 11.5 Å². The second kappa shape index (κ2) is 7.24. The average Bonchev–Trinajstić information content (AvgIpc) is 2.73. The van der Waals surface area contributed by atoms with E-state index in [4.69, 9.17) is 9.47 Å². The molecule has 4 rings (SSSR count). The molecule has 0 spiro atoms. The van der Waals surface area contributed by atoms with Crippen LogP contribution in [0, 0.1) is 0 Å². The fourth-order valence-electron chi connectivity index (χ4n) is 3.40. The summed E-state index contributed by atoms with van der Waals surface area (Å²) < 4.78 is 10.8. The zero-order valence-electron chi connectivity index (χ0n) is 15.9. The van der Waals surface area contributed by atoms with E-state index in [-0.39, 0.29) is 17.4 Å². The Morgan fingerprint density at radius 1 is 0.759 bits per heavy atom. The molecule has 0 unspecified atom stereocenters. The Labute approximate surface area is 166 Å². The largest absolute Gasteiger partial charge is 0.508 e. The van der Waals surface area contributed by atoms with E-state index in [0.29, 0.717) is 28.1 Å². The number of phenols is 2. The molecule has 4 aromatic rings. The Hall–Kier alpha value is -3.93. The van der Waals surface area contributed by atoms with Crippen molar-refractivity contribution in [2.45, 2.75) is 0 Å². The highest BCUT2D eigenvalue weighted by molar-refractivity contribution is 6.20. The lowest BCUT2D eigenvalue weighted by molar-refractivity contribution is 0.102. The van der Waals surface area contributed by atoms with Gasteiger partial charge in [-0.25, -0.2) is 0 Å². The number of carbonyl (C=O) groups excluding carboxylic acids is 1. The molecule has 0 atom stereocenters. The van der Waals surface area contributed by atoms with Gasteiger partial charge in [0.1, 0.15) is 11.5 Å². The quantitative estimate of drug-likeness (QED) is 0.349. The van der Waals surface area contributed by atoms with E-state index < -0.39 is 0 Å². The zero-order valence-corrected chi connectivity index (χ0v) is 15.9. The number of hydrogen-bond acceptors (Lipinski definition) is 5. The molecule has 6 heteroatoms. The Balaban J connectivity index is 1.92. The number of carbonyl (C=O) groups is 1. The average molecular weight is 389 g/mol. The molecule has 1 amide bonds. The number of phenolic OH excluding ortho intramolecular Hbond substituents is 2. The van der Waals surface area contributed by atoms with Gasteiger partial charge in [-0.1, -0.05) is 0 Å². The van der Waals surface area contributed by atoms with Gasteiger partial charge in [0, 0.05) is 11.3 Å². The van der Waals surface area contributed by atoms with E-state index >= 15 is 0 Å². The molecule has 29 heavy (non-hydrogen) atoms. The Kier molecular flexibility index (Phi) is 4.60. The molecule has 146 valence electrons. The first-order chi connectivity index (χ1) is 14.0. The van der Waals surface area contributed by atoms with E-state index in [1.807, 2.05) is 6.07 Å². The van der Waals surface area contributed by atoms with Crippen LogP contribution < -0.4 is 14.8 Å². The number of aromatic hydroxyl groups is 2. The number of nitrogens with one attached hydrogen (secondary N) is 1. The van der Waals surface area contributed by atoms with Crippen molar-refractivity contribution in [3.63, 3.8) is 0 Å². The molecule has 6 nitrogen and oxygen atoms in total. The molecule has 0 aliphatic heterocycles. The summed E-state index contributed by atoms with van der Waals surface area (Å²) in [7, 11) is 3.11. The third kappa shape index (κ3) is 3.36. The van der Waals surface area contributed by atoms with Crippen LogP contribution in [0.5, 0.6) is 23.0 Å². The third-order valence-electron chi connectivity index (χ3n) is 4.81. The SMILES string of the molecule is COc1cc2cc(C(=O)Nc3ccc(O)cc3)c3ccc(O)cc3c2cc1OC. The van der Waals surface area contributed by atoms with E-state index in [1.54, 1.807) is 56.7 Å². The standard InChI is InChI=1S/C23H19NO5/c1-28-21-10-13-9-20(23(27)24-14-3-5-15(25)6-4-14)17-8-7-16(26)11-19(17)18(13)12-22(21)29-2/h3-12,25-26H,1-2H3,(H,24,27). The lowest BCUT2D eigenvalue weighted by Crippen LogP contribution is -2.12. The summed E-state index contributed by atoms with van der Waals surface area (Å²) in [5, 5.41) is 25.3. The zero-order chi connectivity index (χ0) is 20.5. The van der Waals surface area contributed by atoms with Crippen molar-refractivity contribution in [3.05, 3.63) is 66.2 Å². The number of ether oxygens (including phenoxy) is 2. The molecule has 0 saturated carbocycles. The number of fused-ring (bicyclic) bond motifs is 3. The van der Waals surface area contributed by atoms with Gasteiger partial charge >= 0.3 is 0 Å². The van der Waals surface area contributed by atoms with Crippen molar-refractivity contribution in [1.82, 2.24) is 0 Å². The van der Waals surface area contributed by atoms with Crippen LogP contribution >= 0.6 is 0 Å². The maximum atomic E-state index is 13.0. The minimum atomic E-state index is -0.303. The fraction of sp³-hybridized carbons (Fsp3) is 0.0870. The maximum Gasteiger partial charge on any atom is 0.256 e. The lowest BCUT2D eigenvalue weighted by Gasteiger charge is -2.14. The van der Waals surface area contributed by atoms with Gasteiger partial charge in [-0.05, 0) is 82.2 Å². The molecule has 0 radical (unpaired) electrons. The highest BCUT2D eigenvalue weighted by Gasteiger charge is 2.16. The topological polar surface area (TPSA) is 88.0 Å². The number of benzene rings is 4. The molecule has 3 N–H and O–H groups in total. The summed E-state index contributed by atoms with van der Waals surface area (Å²) in [6.45, 7) is 0. The molecule has 0 bridgehead atoms. The molecule has 0 aliphatic carbocycles. The molecule has 0 aliphatic rings. The Morgan fingerprint density at radius 2 is 1.41 bits per heavy atom. The van der Waals surface area contributed by atoms with Crippen LogP contribution in [0.2, 0.25) is 0 Å². The van der Waals surface area contributed by atoms with Gasteiger partial charge in [0.05, 0.1) is 14.2 Å². The third-order valence-corrected chi connectivity index (χ3v) is 4.81. The summed E-state index contributed by atoms with van der Waals surface area (Å²) in [6, 6.07) is 16.6. The monoisotopic (exact) mass is 389 g/mol. The number of amides is 1. The smallest absolute Gasteiger partial charge is 0.256 e. The van der Waals surface area contributed by atoms with Crippen LogP contribution in [0.4, 0.5) is 5.69 Å². The first-order valence-electron chi connectivity index (χ1n) is 8.92. The first kappa shape index (κ1) is 18.4. The van der Waals surface area contributed by atoms with Crippen molar-refractivity contribution < 1.29 is 24.5 Å². The van der Waals surface area contributed by atoms with E-state index in [0.717, 1.165) is 16.2 Å². The van der Waals surface area contributed by atoms with E-state index in [9.17, 15) is 15.0 Å². The molecule has 0 heterocycles. The minimum absolute atomic E-state index is 0.102. The fourth-order valence-corrected chi connectivity index (χ4v) is 3.40. The normalized spacial score (nSPS) is 10.8. The second-order valence-electron chi connectivity index (χ2n) is 6.58. The Bertz CT molecular complexity index is 1230. The lowest BCUT2D eigenvalue weighted by atomic mass is 9.96. The van der Waals surface area contributed by atoms with Crippen molar-refractivity contribution >= 4 is 33.1 Å². The van der Waals surface area contributed by atoms with Crippen LogP contribution in [-0.2, 0) is 0 Å². The molecular formula is C23H19NO5. The van der Waals surface area contributed by atoms with Crippen molar-refractivity contribution in [3.8, 4) is 23.0 Å². The Morgan fingerprint density at radius 3 is 2.10 bits per heavy atom. The summed E-state index contributed by atoms with van der Waals surface area (Å²) in [5.41, 5.74) is 1.01. The molecule has 0 saturated heterocycles. The van der Waals surface area contributed by atoms with Gasteiger partial charge in [0.2, 0.25) is 0 Å². The van der Waals surface area contributed by atoms with Gasteiger partial charge in [0.25, 0.3) is 5.91 Å². The first-order valence-corrected chi connectivity index (χ1v) is 8.92. The van der Waals surface area contributed by atoms with Crippen LogP contribution in [0.1, 0.15) is 10.4 Å². The highest BCUT2D eigenvalue weighted by Crippen LogP contribution is 2.38. The van der Waals surface area contributed by atoms with Gasteiger partial charge in [-0.3, -0.25) is 4.79 Å². The van der Waals surface area contributed by atoms with Crippen LogP contribution in [0.15, 0.2) is 60.7 Å². The van der Waals surface area contributed by atoms with E-state index in [1.165, 1.54) is 12.1 Å². The molecule has 4 aromatic carbocycles. The number of rotatable bonds is 4. The number of hydrogen-bond donors (Lipinski definition) is 3. The molecule has 0 fully saturated rings. The predicted octanol–water partition coefficient (Wildman–Crippen LogP) is 4.67.